The first-order chi connectivity index (χ1) is 10.3. The molecule has 0 atom stereocenters. The summed E-state index contributed by atoms with van der Waals surface area (Å²) in [5.41, 5.74) is 1.82. The van der Waals surface area contributed by atoms with Gasteiger partial charge in [0, 0.05) is 15.7 Å². The van der Waals surface area contributed by atoms with Crippen LogP contribution in [0.25, 0.3) is 0 Å². The molecule has 2 aromatic rings. The highest BCUT2D eigenvalue weighted by Crippen LogP contribution is 2.28. The zero-order chi connectivity index (χ0) is 16.3. The zero-order valence-electron chi connectivity index (χ0n) is 11.2. The highest BCUT2D eigenvalue weighted by atomic mass is 127. The molecule has 0 saturated heterocycles. The van der Waals surface area contributed by atoms with Gasteiger partial charge in [0.15, 0.2) is 0 Å². The summed E-state index contributed by atoms with van der Waals surface area (Å²) < 4.78 is 29.5. The van der Waals surface area contributed by atoms with Gasteiger partial charge in [-0.2, -0.15) is 0 Å². The Kier molecular flexibility index (Phi) is 5.88. The molecule has 0 bridgehead atoms. The minimum atomic E-state index is -3.82. The van der Waals surface area contributed by atoms with E-state index in [9.17, 15) is 8.42 Å². The van der Waals surface area contributed by atoms with E-state index in [-0.39, 0.29) is 9.09 Å². The fraction of sp³-hybridized carbons (Fsp3) is 0.154. The average Bonchev–Trinajstić information content (AvgIpc) is 2.96. The third-order valence-corrected chi connectivity index (χ3v) is 5.19. The molecular weight excluding hydrogens is 455 g/mol. The van der Waals surface area contributed by atoms with Gasteiger partial charge in [-0.25, -0.2) is 13.6 Å². The van der Waals surface area contributed by atoms with Crippen molar-refractivity contribution in [2.75, 3.05) is 5.32 Å². The molecule has 0 aliphatic carbocycles. The molecule has 0 fully saturated rings. The Morgan fingerprint density at radius 3 is 2.68 bits per heavy atom. The van der Waals surface area contributed by atoms with Gasteiger partial charge in [0.1, 0.15) is 5.76 Å². The van der Waals surface area contributed by atoms with Gasteiger partial charge in [-0.05, 0) is 29.8 Å². The highest BCUT2D eigenvalue weighted by molar-refractivity contribution is 14.1. The van der Waals surface area contributed by atoms with Gasteiger partial charge < -0.3 is 9.73 Å². The SMILES string of the molecule is NS(=O)(=O)c1cc(C(=S)S)c(NCc2ccco2)cc1CI. The van der Waals surface area contributed by atoms with Crippen LogP contribution in [0.2, 0.25) is 0 Å². The first kappa shape index (κ1) is 17.7. The second-order valence-corrected chi connectivity index (χ2v) is 7.87. The number of sulfonamides is 1. The van der Waals surface area contributed by atoms with Crippen LogP contribution in [0.3, 0.4) is 0 Å². The van der Waals surface area contributed by atoms with Crippen molar-refractivity contribution in [3.63, 3.8) is 0 Å². The lowest BCUT2D eigenvalue weighted by molar-refractivity contribution is 0.518. The molecule has 5 nitrogen and oxygen atoms in total. The van der Waals surface area contributed by atoms with Crippen LogP contribution in [-0.2, 0) is 21.0 Å². The van der Waals surface area contributed by atoms with Crippen molar-refractivity contribution in [3.05, 3.63) is 47.4 Å². The van der Waals surface area contributed by atoms with E-state index in [1.807, 2.05) is 6.07 Å². The maximum Gasteiger partial charge on any atom is 0.238 e. The molecule has 0 unspecified atom stereocenters. The number of nitrogens with one attached hydrogen (secondary N) is 1. The summed E-state index contributed by atoms with van der Waals surface area (Å²) in [5, 5.41) is 8.45. The fourth-order valence-electron chi connectivity index (χ4n) is 1.91. The van der Waals surface area contributed by atoms with E-state index < -0.39 is 10.0 Å². The molecule has 2 rings (SSSR count). The Hall–Kier alpha value is -0.620. The Bertz CT molecular complexity index is 789. The molecule has 0 radical (unpaired) electrons. The number of anilines is 1. The number of thiol groups is 1. The number of nitrogens with two attached hydrogens (primary N) is 1. The predicted molar refractivity (Wildman–Crippen MR) is 102 cm³/mol. The number of thiocarbonyl (C=S) groups is 1. The predicted octanol–water partition coefficient (Wildman–Crippen LogP) is 3.08. The number of benzene rings is 1. The number of rotatable bonds is 6. The van der Waals surface area contributed by atoms with E-state index >= 15 is 0 Å². The van der Waals surface area contributed by atoms with Crippen LogP contribution in [0.1, 0.15) is 16.9 Å². The summed E-state index contributed by atoms with van der Waals surface area (Å²) in [6.45, 7) is 0.450. The largest absolute Gasteiger partial charge is 0.467 e. The van der Waals surface area contributed by atoms with Crippen molar-refractivity contribution in [3.8, 4) is 0 Å². The molecular formula is C13H13IN2O3S3. The Morgan fingerprint density at radius 1 is 1.45 bits per heavy atom. The molecule has 3 N–H and O–H groups in total. The monoisotopic (exact) mass is 468 g/mol. The number of alkyl halides is 1. The van der Waals surface area contributed by atoms with Crippen molar-refractivity contribution in [2.45, 2.75) is 15.9 Å². The molecule has 0 spiro atoms. The van der Waals surface area contributed by atoms with Crippen LogP contribution in [0.5, 0.6) is 0 Å². The van der Waals surface area contributed by atoms with Crippen molar-refractivity contribution in [1.29, 1.82) is 0 Å². The van der Waals surface area contributed by atoms with Gasteiger partial charge in [-0.3, -0.25) is 0 Å². The van der Waals surface area contributed by atoms with E-state index in [0.29, 0.717) is 27.8 Å². The second-order valence-electron chi connectivity index (χ2n) is 4.42. The number of furan rings is 1. The molecule has 1 heterocycles. The molecule has 0 saturated carbocycles. The number of hydrogen-bond acceptors (Lipinski definition) is 5. The van der Waals surface area contributed by atoms with Crippen LogP contribution in [0.15, 0.2) is 39.8 Å². The third kappa shape index (κ3) is 4.22. The molecule has 1 aromatic carbocycles. The molecule has 1 aromatic heterocycles. The minimum Gasteiger partial charge on any atom is -0.467 e. The van der Waals surface area contributed by atoms with Gasteiger partial charge in [0.05, 0.1) is 21.9 Å². The molecule has 0 amide bonds. The normalized spacial score (nSPS) is 11.4. The second kappa shape index (κ2) is 7.30. The fourth-order valence-corrected chi connectivity index (χ4v) is 3.94. The lowest BCUT2D eigenvalue weighted by Gasteiger charge is -2.15. The molecule has 0 aliphatic rings. The van der Waals surface area contributed by atoms with Crippen LogP contribution in [-0.4, -0.2) is 12.6 Å². The van der Waals surface area contributed by atoms with Crippen molar-refractivity contribution < 1.29 is 12.8 Å². The summed E-state index contributed by atoms with van der Waals surface area (Å²) in [4.78, 5) is 0.0665. The maximum atomic E-state index is 11.7. The van der Waals surface area contributed by atoms with E-state index in [2.05, 4.69) is 40.5 Å². The van der Waals surface area contributed by atoms with Crippen LogP contribution in [0, 0.1) is 0 Å². The smallest absolute Gasteiger partial charge is 0.238 e. The minimum absolute atomic E-state index is 0.0665. The zero-order valence-corrected chi connectivity index (χ0v) is 15.9. The Balaban J connectivity index is 2.46. The maximum absolute atomic E-state index is 11.7. The van der Waals surface area contributed by atoms with Crippen molar-refractivity contribution in [2.24, 2.45) is 5.14 Å². The van der Waals surface area contributed by atoms with Crippen LogP contribution in [0.4, 0.5) is 5.69 Å². The topological polar surface area (TPSA) is 85.3 Å². The first-order valence-electron chi connectivity index (χ1n) is 6.08. The first-order valence-corrected chi connectivity index (χ1v) is 10.0. The van der Waals surface area contributed by atoms with Gasteiger partial charge in [0.2, 0.25) is 10.0 Å². The number of primary sulfonamides is 1. The summed E-state index contributed by atoms with van der Waals surface area (Å²) in [6.07, 6.45) is 1.58. The molecule has 118 valence electrons. The standard InChI is InChI=1S/C13H13IN2O3S3/c14-6-8-4-11(16-7-9-2-1-3-19-9)10(13(20)21)5-12(8)22(15,17)18/h1-5,16H,6-7H2,(H,20,21)(H2,15,17,18). The average molecular weight is 468 g/mol. The summed E-state index contributed by atoms with van der Waals surface area (Å²) in [6, 6.07) is 6.82. The summed E-state index contributed by atoms with van der Waals surface area (Å²) >= 11 is 11.3. The Labute approximate surface area is 153 Å². The lowest BCUT2D eigenvalue weighted by atomic mass is 10.1. The lowest BCUT2D eigenvalue weighted by Crippen LogP contribution is -2.16. The van der Waals surface area contributed by atoms with Crippen LogP contribution < -0.4 is 10.5 Å². The van der Waals surface area contributed by atoms with Gasteiger partial charge >= 0.3 is 0 Å². The molecule has 22 heavy (non-hydrogen) atoms. The van der Waals surface area contributed by atoms with E-state index in [0.717, 1.165) is 5.76 Å². The van der Waals surface area contributed by atoms with E-state index in [1.54, 1.807) is 18.4 Å². The van der Waals surface area contributed by atoms with Crippen molar-refractivity contribution in [1.82, 2.24) is 0 Å². The highest BCUT2D eigenvalue weighted by Gasteiger charge is 2.18. The van der Waals surface area contributed by atoms with Gasteiger partial charge in [-0.1, -0.05) is 34.8 Å². The van der Waals surface area contributed by atoms with Gasteiger partial charge in [0.25, 0.3) is 0 Å². The van der Waals surface area contributed by atoms with Crippen LogP contribution >= 0.6 is 47.4 Å². The number of halogens is 1. The molecule has 0 aliphatic heterocycles. The van der Waals surface area contributed by atoms with Crippen molar-refractivity contribution >= 4 is 67.3 Å². The summed E-state index contributed by atoms with van der Waals surface area (Å²) in [7, 11) is -3.82. The quantitative estimate of drug-likeness (QED) is 0.263. The Morgan fingerprint density at radius 2 is 2.18 bits per heavy atom. The number of hydrogen-bond donors (Lipinski definition) is 3. The van der Waals surface area contributed by atoms with Gasteiger partial charge in [-0.15, -0.1) is 12.6 Å². The van der Waals surface area contributed by atoms with E-state index in [4.69, 9.17) is 21.8 Å². The molecule has 9 heteroatoms. The van der Waals surface area contributed by atoms with E-state index in [1.165, 1.54) is 6.07 Å². The summed E-state index contributed by atoms with van der Waals surface area (Å²) in [5.74, 6) is 0.752. The third-order valence-electron chi connectivity index (χ3n) is 2.91.